The summed E-state index contributed by atoms with van der Waals surface area (Å²) in [6, 6.07) is 8.32. The molecule has 8 nitrogen and oxygen atoms in total. The van der Waals surface area contributed by atoms with Crippen LogP contribution in [0, 0.1) is 18.3 Å². The van der Waals surface area contributed by atoms with Crippen molar-refractivity contribution in [3.63, 3.8) is 0 Å². The van der Waals surface area contributed by atoms with Gasteiger partial charge in [0.15, 0.2) is 0 Å². The molecule has 1 amide bonds. The van der Waals surface area contributed by atoms with Crippen LogP contribution in [0.15, 0.2) is 24.3 Å². The van der Waals surface area contributed by atoms with Gasteiger partial charge in [0.05, 0.1) is 17.9 Å². The van der Waals surface area contributed by atoms with E-state index in [9.17, 15) is 4.79 Å². The number of benzene rings is 1. The van der Waals surface area contributed by atoms with E-state index in [0.717, 1.165) is 48.6 Å². The minimum Gasteiger partial charge on any atom is -0.395 e. The molecule has 1 spiro atoms. The number of fused-ring (bicyclic) bond motifs is 1. The number of aromatic nitrogens is 2. The Morgan fingerprint density at radius 1 is 1.17 bits per heavy atom. The number of nitrogens with zero attached hydrogens (tertiary/aromatic N) is 4. The Hall–Kier alpha value is -2.52. The first-order valence-electron chi connectivity index (χ1n) is 12.8. The molecule has 4 fully saturated rings. The lowest BCUT2D eigenvalue weighted by molar-refractivity contribution is 0.102. The van der Waals surface area contributed by atoms with Crippen molar-refractivity contribution in [3.8, 4) is 0 Å². The van der Waals surface area contributed by atoms with Gasteiger partial charge in [-0.3, -0.25) is 4.79 Å². The molecule has 35 heavy (non-hydrogen) atoms. The summed E-state index contributed by atoms with van der Waals surface area (Å²) in [5.41, 5.74) is 3.99. The van der Waals surface area contributed by atoms with Gasteiger partial charge < -0.3 is 24.9 Å². The van der Waals surface area contributed by atoms with E-state index < -0.39 is 0 Å². The number of rotatable bonds is 8. The van der Waals surface area contributed by atoms with Crippen LogP contribution in [-0.2, 0) is 0 Å². The molecular weight excluding hydrogens is 460 g/mol. The largest absolute Gasteiger partial charge is 0.395 e. The van der Waals surface area contributed by atoms with Gasteiger partial charge in [-0.05, 0) is 75.0 Å². The summed E-state index contributed by atoms with van der Waals surface area (Å²) in [4.78, 5) is 27.6. The zero-order valence-electron chi connectivity index (χ0n) is 20.3. The van der Waals surface area contributed by atoms with Gasteiger partial charge in [-0.2, -0.15) is 4.98 Å². The van der Waals surface area contributed by atoms with E-state index in [-0.39, 0.29) is 12.5 Å². The number of aliphatic hydroxyl groups is 1. The molecule has 0 radical (unpaired) electrons. The highest BCUT2D eigenvalue weighted by Crippen LogP contribution is 2.54. The summed E-state index contributed by atoms with van der Waals surface area (Å²) in [6.07, 6.45) is 7.52. The summed E-state index contributed by atoms with van der Waals surface area (Å²) in [7, 11) is 0. The lowest BCUT2D eigenvalue weighted by Gasteiger charge is -2.35. The smallest absolute Gasteiger partial charge is 0.258 e. The average molecular weight is 495 g/mol. The van der Waals surface area contributed by atoms with E-state index >= 15 is 0 Å². The summed E-state index contributed by atoms with van der Waals surface area (Å²) in [6.45, 7) is 5.02. The van der Waals surface area contributed by atoms with E-state index in [1.54, 1.807) is 0 Å². The lowest BCUT2D eigenvalue weighted by atomic mass is 9.93. The van der Waals surface area contributed by atoms with E-state index in [1.807, 2.05) is 25.1 Å². The van der Waals surface area contributed by atoms with Gasteiger partial charge >= 0.3 is 0 Å². The van der Waals surface area contributed by atoms with Crippen LogP contribution in [0.25, 0.3) is 0 Å². The number of amides is 1. The third-order valence-corrected chi connectivity index (χ3v) is 8.88. The van der Waals surface area contributed by atoms with Crippen molar-refractivity contribution in [1.29, 1.82) is 0 Å². The third kappa shape index (κ3) is 4.80. The highest BCUT2D eigenvalue weighted by atomic mass is 32.2. The number of piperidine rings is 2. The van der Waals surface area contributed by atoms with Gasteiger partial charge in [-0.1, -0.05) is 11.9 Å². The van der Waals surface area contributed by atoms with Crippen LogP contribution in [0.1, 0.15) is 54.6 Å². The van der Waals surface area contributed by atoms with E-state index in [4.69, 9.17) is 10.1 Å². The Bertz CT molecular complexity index is 1110. The quantitative estimate of drug-likeness (QED) is 0.374. The first-order chi connectivity index (χ1) is 17.0. The number of hydrogen-bond donors (Lipinski definition) is 3. The number of anilines is 4. The van der Waals surface area contributed by atoms with E-state index in [1.165, 1.54) is 50.5 Å². The summed E-state index contributed by atoms with van der Waals surface area (Å²) >= 11 is 1.47. The summed E-state index contributed by atoms with van der Waals surface area (Å²) in [5, 5.41) is 12.2. The fraction of sp³-hybridized carbons (Fsp3) is 0.577. The molecule has 6 rings (SSSR count). The van der Waals surface area contributed by atoms with Crippen molar-refractivity contribution in [1.82, 2.24) is 9.97 Å². The monoisotopic (exact) mass is 494 g/mol. The number of carbonyl (C=O) groups excluding carboxylic acids is 1. The number of carbonyl (C=O) groups is 1. The molecule has 2 aliphatic carbocycles. The molecule has 186 valence electrons. The van der Waals surface area contributed by atoms with Gasteiger partial charge in [0, 0.05) is 48.9 Å². The van der Waals surface area contributed by atoms with Crippen molar-refractivity contribution in [2.24, 2.45) is 11.3 Å². The van der Waals surface area contributed by atoms with Crippen molar-refractivity contribution in [3.05, 3.63) is 35.5 Å². The molecule has 2 unspecified atom stereocenters. The maximum atomic E-state index is 13.5. The normalized spacial score (nSPS) is 23.8. The number of aryl methyl sites for hydroxylation is 1. The third-order valence-electron chi connectivity index (χ3n) is 8.11. The second-order valence-electron chi connectivity index (χ2n) is 10.6. The first kappa shape index (κ1) is 22.9. The maximum Gasteiger partial charge on any atom is 0.258 e. The molecule has 2 saturated heterocycles. The molecule has 3 N–H and O–H groups in total. The fourth-order valence-corrected chi connectivity index (χ4v) is 6.19. The molecule has 2 saturated carbocycles. The minimum absolute atomic E-state index is 0.123. The van der Waals surface area contributed by atoms with Crippen LogP contribution < -0.4 is 19.8 Å². The van der Waals surface area contributed by atoms with Crippen molar-refractivity contribution < 1.29 is 9.90 Å². The van der Waals surface area contributed by atoms with Gasteiger partial charge in [0.25, 0.3) is 5.91 Å². The predicted octanol–water partition coefficient (Wildman–Crippen LogP) is 4.07. The first-order valence-corrected chi connectivity index (χ1v) is 13.8. The van der Waals surface area contributed by atoms with Crippen LogP contribution in [0.5, 0.6) is 0 Å². The Balaban J connectivity index is 1.23. The highest BCUT2D eigenvalue weighted by Gasteiger charge is 2.48. The molecule has 2 atom stereocenters. The lowest BCUT2D eigenvalue weighted by Crippen LogP contribution is -2.35. The predicted molar refractivity (Wildman–Crippen MR) is 141 cm³/mol. The maximum absolute atomic E-state index is 13.5. The van der Waals surface area contributed by atoms with Crippen molar-refractivity contribution in [2.45, 2.75) is 51.5 Å². The SMILES string of the molecule is Cc1cc(NC(=O)c2ccc(NSCCO)cc2N2CCC3(CC2)CC3)nc(N2CCC3CC32)n1. The second kappa shape index (κ2) is 9.17. The molecule has 3 heterocycles. The molecule has 4 aliphatic rings. The molecule has 2 aromatic rings. The van der Waals surface area contributed by atoms with E-state index in [2.05, 4.69) is 30.9 Å². The molecule has 1 aromatic carbocycles. The van der Waals surface area contributed by atoms with Crippen molar-refractivity contribution >= 4 is 41.0 Å². The van der Waals surface area contributed by atoms with Gasteiger partial charge in [0.1, 0.15) is 5.82 Å². The molecule has 0 bridgehead atoms. The Labute approximate surface area is 211 Å². The van der Waals surface area contributed by atoms with Crippen LogP contribution in [0.4, 0.5) is 23.1 Å². The Morgan fingerprint density at radius 2 is 2.00 bits per heavy atom. The number of hydrogen-bond acceptors (Lipinski definition) is 8. The zero-order valence-corrected chi connectivity index (χ0v) is 21.1. The summed E-state index contributed by atoms with van der Waals surface area (Å²) < 4.78 is 3.30. The van der Waals surface area contributed by atoms with Crippen molar-refractivity contribution in [2.75, 3.05) is 51.8 Å². The Morgan fingerprint density at radius 3 is 2.69 bits per heavy atom. The van der Waals surface area contributed by atoms with Crippen LogP contribution in [0.2, 0.25) is 0 Å². The Kier molecular flexibility index (Phi) is 6.00. The standard InChI is InChI=1S/C26H34N6O2S/c1-17-14-23(29-25(27-17)32-9-4-18-15-21(18)32)28-24(34)20-3-2-19(30-35-13-12-33)16-22(20)31-10-7-26(5-6-26)8-11-31/h2-3,14,16,18,21,30,33H,4-13,15H2,1H3,(H,27,28,29,34). The minimum atomic E-state index is -0.143. The van der Waals surface area contributed by atoms with Crippen LogP contribution in [0.3, 0.4) is 0 Å². The van der Waals surface area contributed by atoms with Crippen LogP contribution in [-0.4, -0.2) is 59.0 Å². The second-order valence-corrected chi connectivity index (χ2v) is 11.5. The molecular formula is C26H34N6O2S. The average Bonchev–Trinajstić information content (AvgIpc) is 3.77. The van der Waals surface area contributed by atoms with Gasteiger partial charge in [-0.25, -0.2) is 4.98 Å². The number of aliphatic hydroxyl groups excluding tert-OH is 1. The van der Waals surface area contributed by atoms with Crippen LogP contribution >= 0.6 is 11.9 Å². The molecule has 9 heteroatoms. The van der Waals surface area contributed by atoms with Gasteiger partial charge in [-0.15, -0.1) is 0 Å². The highest BCUT2D eigenvalue weighted by molar-refractivity contribution is 8.00. The number of nitrogens with one attached hydrogen (secondary N) is 2. The zero-order chi connectivity index (χ0) is 24.0. The summed E-state index contributed by atoms with van der Waals surface area (Å²) in [5.74, 6) is 2.55. The van der Waals surface area contributed by atoms with E-state index in [0.29, 0.717) is 28.6 Å². The molecule has 2 aliphatic heterocycles. The van der Waals surface area contributed by atoms with Gasteiger partial charge in [0.2, 0.25) is 5.95 Å². The topological polar surface area (TPSA) is 93.6 Å². The fourth-order valence-electron chi connectivity index (χ4n) is 5.70. The molecule has 1 aromatic heterocycles.